The van der Waals surface area contributed by atoms with Crippen LogP contribution in [0.1, 0.15) is 58.8 Å². The van der Waals surface area contributed by atoms with Crippen LogP contribution in [0.2, 0.25) is 0 Å². The Kier molecular flexibility index (Phi) is 8.81. The molecule has 0 aromatic carbocycles. The highest BCUT2D eigenvalue weighted by molar-refractivity contribution is 5.85. The van der Waals surface area contributed by atoms with E-state index in [2.05, 4.69) is 16.7 Å². The first kappa shape index (κ1) is 22.9. The molecule has 158 valence electrons. The highest BCUT2D eigenvalue weighted by Crippen LogP contribution is 2.34. The monoisotopic (exact) mass is 404 g/mol. The van der Waals surface area contributed by atoms with Gasteiger partial charge in [0.05, 0.1) is 24.2 Å². The lowest BCUT2D eigenvalue weighted by atomic mass is 9.87. The normalized spacial score (nSPS) is 29.6. The first-order valence-corrected chi connectivity index (χ1v) is 10.5. The van der Waals surface area contributed by atoms with Crippen LogP contribution in [-0.4, -0.2) is 73.7 Å². The summed E-state index contributed by atoms with van der Waals surface area (Å²) < 4.78 is 17.5. The third-order valence-electron chi connectivity index (χ3n) is 6.43. The number of likely N-dealkylation sites (tertiary alicyclic amines) is 2. The molecule has 0 amide bonds. The molecule has 2 aliphatic heterocycles. The van der Waals surface area contributed by atoms with Crippen molar-refractivity contribution in [3.63, 3.8) is 0 Å². The first-order valence-electron chi connectivity index (χ1n) is 10.5. The van der Waals surface area contributed by atoms with Gasteiger partial charge >= 0.3 is 5.97 Å². The molecule has 0 aromatic heterocycles. The summed E-state index contributed by atoms with van der Waals surface area (Å²) in [6, 6.07) is 0. The maximum atomic E-state index is 11.9. The number of halogens is 1. The van der Waals surface area contributed by atoms with E-state index >= 15 is 0 Å². The molecule has 3 fully saturated rings. The second kappa shape index (κ2) is 10.4. The molecule has 1 aliphatic carbocycles. The third kappa shape index (κ3) is 5.36. The van der Waals surface area contributed by atoms with Gasteiger partial charge in [-0.15, -0.1) is 12.4 Å². The number of rotatable bonds is 8. The van der Waals surface area contributed by atoms with Crippen LogP contribution in [0.15, 0.2) is 0 Å². The highest BCUT2D eigenvalue weighted by atomic mass is 35.5. The van der Waals surface area contributed by atoms with Crippen LogP contribution in [-0.2, 0) is 19.0 Å². The Hall–Kier alpha value is -0.400. The van der Waals surface area contributed by atoms with Gasteiger partial charge in [-0.1, -0.05) is 6.92 Å². The van der Waals surface area contributed by atoms with E-state index in [9.17, 15) is 4.79 Å². The van der Waals surface area contributed by atoms with Crippen molar-refractivity contribution in [2.45, 2.75) is 76.9 Å². The zero-order valence-electron chi connectivity index (χ0n) is 17.2. The summed E-state index contributed by atoms with van der Waals surface area (Å²) in [5.74, 6) is 0.0305. The molecule has 3 aliphatic rings. The SMILES string of the molecule is CCOC(=O)[C@H]1CC[C@H](OC(N2CCCC2)N2CC(CC)(OC)C2)CC1.Cl. The Labute approximate surface area is 170 Å². The van der Waals surface area contributed by atoms with Crippen molar-refractivity contribution in [1.82, 2.24) is 9.80 Å². The number of carbonyl (C=O) groups excluding carboxylic acids is 1. The fourth-order valence-electron chi connectivity index (χ4n) is 4.58. The van der Waals surface area contributed by atoms with E-state index in [0.29, 0.717) is 6.61 Å². The van der Waals surface area contributed by atoms with Crippen molar-refractivity contribution in [2.75, 3.05) is 39.9 Å². The molecule has 6 nitrogen and oxygen atoms in total. The van der Waals surface area contributed by atoms with E-state index in [0.717, 1.165) is 58.3 Å². The van der Waals surface area contributed by atoms with Gasteiger partial charge in [0.25, 0.3) is 0 Å². The molecule has 0 radical (unpaired) electrons. The predicted molar refractivity (Wildman–Crippen MR) is 107 cm³/mol. The fraction of sp³-hybridized carbons (Fsp3) is 0.950. The van der Waals surface area contributed by atoms with Crippen LogP contribution in [0.5, 0.6) is 0 Å². The van der Waals surface area contributed by atoms with Crippen LogP contribution in [0.4, 0.5) is 0 Å². The zero-order valence-corrected chi connectivity index (χ0v) is 18.0. The molecule has 2 heterocycles. The minimum absolute atomic E-state index is 0. The van der Waals surface area contributed by atoms with Crippen LogP contribution < -0.4 is 0 Å². The summed E-state index contributed by atoms with van der Waals surface area (Å²) in [4.78, 5) is 16.8. The summed E-state index contributed by atoms with van der Waals surface area (Å²) in [7, 11) is 1.82. The lowest BCUT2D eigenvalue weighted by molar-refractivity contribution is -0.249. The van der Waals surface area contributed by atoms with E-state index in [1.54, 1.807) is 0 Å². The molecule has 1 saturated carbocycles. The quantitative estimate of drug-likeness (QED) is 0.579. The summed E-state index contributed by atoms with van der Waals surface area (Å²) in [5.41, 5.74) is 0.00288. The molecule has 7 heteroatoms. The van der Waals surface area contributed by atoms with E-state index in [4.69, 9.17) is 14.2 Å². The number of nitrogens with zero attached hydrogens (tertiary/aromatic N) is 2. The van der Waals surface area contributed by atoms with Gasteiger partial charge in [0.1, 0.15) is 0 Å². The molecule has 27 heavy (non-hydrogen) atoms. The average molecular weight is 405 g/mol. The molecular formula is C20H37ClN2O4. The number of ether oxygens (including phenoxy) is 3. The summed E-state index contributed by atoms with van der Waals surface area (Å²) in [6.45, 7) is 8.66. The van der Waals surface area contributed by atoms with Crippen molar-refractivity contribution in [3.8, 4) is 0 Å². The molecule has 0 bridgehead atoms. The van der Waals surface area contributed by atoms with Crippen LogP contribution in [0, 0.1) is 5.92 Å². The molecule has 3 rings (SSSR count). The Bertz CT molecular complexity index is 453. The second-order valence-corrected chi connectivity index (χ2v) is 8.08. The van der Waals surface area contributed by atoms with Gasteiger partial charge in [-0.05, 0) is 51.9 Å². The van der Waals surface area contributed by atoms with Crippen molar-refractivity contribution >= 4 is 18.4 Å². The highest BCUT2D eigenvalue weighted by Gasteiger charge is 2.47. The first-order chi connectivity index (χ1) is 12.6. The van der Waals surface area contributed by atoms with Crippen molar-refractivity contribution < 1.29 is 19.0 Å². The Morgan fingerprint density at radius 1 is 1.07 bits per heavy atom. The molecule has 0 spiro atoms. The largest absolute Gasteiger partial charge is 0.466 e. The molecule has 0 N–H and O–H groups in total. The minimum Gasteiger partial charge on any atom is -0.466 e. The van der Waals surface area contributed by atoms with Gasteiger partial charge in [0, 0.05) is 33.3 Å². The predicted octanol–water partition coefficient (Wildman–Crippen LogP) is 3.04. The van der Waals surface area contributed by atoms with Crippen LogP contribution >= 0.6 is 12.4 Å². The fourth-order valence-corrected chi connectivity index (χ4v) is 4.58. The summed E-state index contributed by atoms with van der Waals surface area (Å²) in [5, 5.41) is 0. The second-order valence-electron chi connectivity index (χ2n) is 8.08. The molecular weight excluding hydrogens is 368 g/mol. The van der Waals surface area contributed by atoms with Crippen molar-refractivity contribution in [3.05, 3.63) is 0 Å². The van der Waals surface area contributed by atoms with Crippen molar-refractivity contribution in [1.29, 1.82) is 0 Å². The van der Waals surface area contributed by atoms with E-state index in [-0.39, 0.29) is 42.4 Å². The van der Waals surface area contributed by atoms with Gasteiger partial charge < -0.3 is 14.2 Å². The number of hydrogen-bond acceptors (Lipinski definition) is 6. The number of methoxy groups -OCH3 is 1. The van der Waals surface area contributed by atoms with Gasteiger partial charge in [0.2, 0.25) is 0 Å². The summed E-state index contributed by atoms with van der Waals surface area (Å²) >= 11 is 0. The Morgan fingerprint density at radius 2 is 1.70 bits per heavy atom. The minimum atomic E-state index is -0.0300. The molecule has 0 aromatic rings. The average Bonchev–Trinajstić information content (AvgIpc) is 3.16. The van der Waals surface area contributed by atoms with E-state index < -0.39 is 0 Å². The number of esters is 1. The number of carbonyl (C=O) groups is 1. The van der Waals surface area contributed by atoms with E-state index in [1.807, 2.05) is 14.0 Å². The van der Waals surface area contributed by atoms with Gasteiger partial charge in [0.15, 0.2) is 6.35 Å². The topological polar surface area (TPSA) is 51.2 Å². The lowest BCUT2D eigenvalue weighted by Crippen LogP contribution is -2.68. The van der Waals surface area contributed by atoms with Gasteiger partial charge in [-0.25, -0.2) is 0 Å². The van der Waals surface area contributed by atoms with Gasteiger partial charge in [-0.2, -0.15) is 0 Å². The molecule has 1 unspecified atom stereocenters. The maximum Gasteiger partial charge on any atom is 0.308 e. The Morgan fingerprint density at radius 3 is 2.22 bits per heavy atom. The third-order valence-corrected chi connectivity index (χ3v) is 6.43. The van der Waals surface area contributed by atoms with Crippen molar-refractivity contribution in [2.24, 2.45) is 5.92 Å². The summed E-state index contributed by atoms with van der Waals surface area (Å²) in [6.07, 6.45) is 7.52. The van der Waals surface area contributed by atoms with Crippen LogP contribution in [0.25, 0.3) is 0 Å². The number of hydrogen-bond donors (Lipinski definition) is 0. The van der Waals surface area contributed by atoms with E-state index in [1.165, 1.54) is 12.8 Å². The lowest BCUT2D eigenvalue weighted by Gasteiger charge is -2.53. The van der Waals surface area contributed by atoms with Crippen LogP contribution in [0.3, 0.4) is 0 Å². The maximum absolute atomic E-state index is 11.9. The standard InChI is InChI=1S/C20H36N2O4.ClH/c1-4-20(24-3)14-22(15-20)19(21-12-6-7-13-21)26-17-10-8-16(9-11-17)18(23)25-5-2;/h16-17,19H,4-15H2,1-3H3;1H/t16-,17-,19?;. The zero-order chi connectivity index (χ0) is 18.6. The Balaban J connectivity index is 0.00000261. The smallest absolute Gasteiger partial charge is 0.308 e. The molecule has 2 saturated heterocycles. The molecule has 1 atom stereocenters. The van der Waals surface area contributed by atoms with Gasteiger partial charge in [-0.3, -0.25) is 14.6 Å².